The van der Waals surface area contributed by atoms with Gasteiger partial charge in [-0.25, -0.2) is 4.98 Å². The fourth-order valence-electron chi connectivity index (χ4n) is 2.56. The number of aromatic nitrogens is 5. The van der Waals surface area contributed by atoms with Crippen molar-refractivity contribution in [2.75, 3.05) is 11.4 Å². The Labute approximate surface area is 148 Å². The molecule has 0 spiro atoms. The third-order valence-electron chi connectivity index (χ3n) is 3.80. The Morgan fingerprint density at radius 1 is 1.20 bits per heavy atom. The number of rotatable bonds is 5. The maximum Gasteiger partial charge on any atom is 0.280 e. The summed E-state index contributed by atoms with van der Waals surface area (Å²) >= 11 is 1.50. The maximum atomic E-state index is 13.0. The standard InChI is InChI=1S/C17H16N6OS/c1-21-10-7-14(20-21)16(24)23(12-11-22-9-4-8-18-22)17-19-13-5-2-3-6-15(13)25-17/h2-10H,11-12H2,1H3. The van der Waals surface area contributed by atoms with E-state index < -0.39 is 0 Å². The molecular weight excluding hydrogens is 336 g/mol. The highest BCUT2D eigenvalue weighted by Crippen LogP contribution is 2.29. The van der Waals surface area contributed by atoms with Gasteiger partial charge < -0.3 is 0 Å². The van der Waals surface area contributed by atoms with Crippen LogP contribution in [0.15, 0.2) is 55.0 Å². The van der Waals surface area contributed by atoms with E-state index in [9.17, 15) is 4.79 Å². The zero-order valence-corrected chi connectivity index (χ0v) is 14.4. The van der Waals surface area contributed by atoms with E-state index in [1.54, 1.807) is 39.8 Å². The highest BCUT2D eigenvalue weighted by atomic mass is 32.1. The molecule has 0 aliphatic rings. The average Bonchev–Trinajstić information content (AvgIpc) is 3.34. The van der Waals surface area contributed by atoms with Gasteiger partial charge in [0.1, 0.15) is 0 Å². The molecule has 8 heteroatoms. The van der Waals surface area contributed by atoms with Gasteiger partial charge in [0.15, 0.2) is 10.8 Å². The smallest absolute Gasteiger partial charge is 0.280 e. The van der Waals surface area contributed by atoms with Crippen LogP contribution in [0.2, 0.25) is 0 Å². The third-order valence-corrected chi connectivity index (χ3v) is 4.86. The van der Waals surface area contributed by atoms with E-state index in [0.717, 1.165) is 10.2 Å². The lowest BCUT2D eigenvalue weighted by Crippen LogP contribution is -2.34. The molecular formula is C17H16N6OS. The summed E-state index contributed by atoms with van der Waals surface area (Å²) in [6, 6.07) is 11.5. The molecule has 0 unspecified atom stereocenters. The summed E-state index contributed by atoms with van der Waals surface area (Å²) in [5.41, 5.74) is 1.29. The minimum absolute atomic E-state index is 0.160. The normalized spacial score (nSPS) is 11.1. The van der Waals surface area contributed by atoms with Crippen LogP contribution >= 0.6 is 11.3 Å². The van der Waals surface area contributed by atoms with Crippen LogP contribution in [-0.2, 0) is 13.6 Å². The van der Waals surface area contributed by atoms with Crippen molar-refractivity contribution in [1.82, 2.24) is 24.5 Å². The summed E-state index contributed by atoms with van der Waals surface area (Å²) in [6.45, 7) is 1.05. The van der Waals surface area contributed by atoms with Gasteiger partial charge in [-0.3, -0.25) is 19.1 Å². The zero-order chi connectivity index (χ0) is 17.2. The molecule has 0 saturated carbocycles. The van der Waals surface area contributed by atoms with Crippen molar-refractivity contribution >= 4 is 32.6 Å². The van der Waals surface area contributed by atoms with Gasteiger partial charge in [-0.1, -0.05) is 23.5 Å². The lowest BCUT2D eigenvalue weighted by Gasteiger charge is -2.18. The van der Waals surface area contributed by atoms with Gasteiger partial charge in [0.2, 0.25) is 0 Å². The molecule has 3 aromatic heterocycles. The van der Waals surface area contributed by atoms with Crippen molar-refractivity contribution in [1.29, 1.82) is 0 Å². The van der Waals surface area contributed by atoms with Crippen LogP contribution in [-0.4, -0.2) is 37.0 Å². The number of anilines is 1. The van der Waals surface area contributed by atoms with E-state index in [1.807, 2.05) is 36.5 Å². The van der Waals surface area contributed by atoms with Gasteiger partial charge in [0.25, 0.3) is 5.91 Å². The van der Waals surface area contributed by atoms with Gasteiger partial charge in [-0.2, -0.15) is 10.2 Å². The largest absolute Gasteiger partial charge is 0.281 e. The Balaban J connectivity index is 1.67. The first-order valence-electron chi connectivity index (χ1n) is 7.85. The molecule has 25 heavy (non-hydrogen) atoms. The lowest BCUT2D eigenvalue weighted by atomic mass is 10.3. The van der Waals surface area contributed by atoms with Crippen LogP contribution in [0.5, 0.6) is 0 Å². The Bertz CT molecular complexity index is 970. The SMILES string of the molecule is Cn1ccc(C(=O)N(CCn2cccn2)c2nc3ccccc3s2)n1. The molecule has 3 heterocycles. The Kier molecular flexibility index (Phi) is 4.02. The molecule has 126 valence electrons. The van der Waals surface area contributed by atoms with Crippen LogP contribution in [0.4, 0.5) is 5.13 Å². The van der Waals surface area contributed by atoms with Gasteiger partial charge >= 0.3 is 0 Å². The van der Waals surface area contributed by atoms with Crippen LogP contribution in [0.3, 0.4) is 0 Å². The predicted molar refractivity (Wildman–Crippen MR) is 96.7 cm³/mol. The Morgan fingerprint density at radius 3 is 2.80 bits per heavy atom. The molecule has 0 saturated heterocycles. The maximum absolute atomic E-state index is 13.0. The molecule has 1 amide bonds. The molecule has 7 nitrogen and oxygen atoms in total. The first-order chi connectivity index (χ1) is 12.2. The van der Waals surface area contributed by atoms with E-state index in [0.29, 0.717) is 23.9 Å². The number of hydrogen-bond donors (Lipinski definition) is 0. The number of para-hydroxylation sites is 1. The molecule has 0 N–H and O–H groups in total. The average molecular weight is 352 g/mol. The molecule has 0 radical (unpaired) electrons. The number of aryl methyl sites for hydroxylation is 1. The predicted octanol–water partition coefficient (Wildman–Crippen LogP) is 2.57. The van der Waals surface area contributed by atoms with E-state index >= 15 is 0 Å². The fraction of sp³-hybridized carbons (Fsp3) is 0.176. The molecule has 0 atom stereocenters. The quantitative estimate of drug-likeness (QED) is 0.554. The lowest BCUT2D eigenvalue weighted by molar-refractivity contribution is 0.0980. The summed E-state index contributed by atoms with van der Waals surface area (Å²) in [7, 11) is 1.79. The molecule has 0 bridgehead atoms. The fourth-order valence-corrected chi connectivity index (χ4v) is 3.55. The number of benzene rings is 1. The second kappa shape index (κ2) is 6.48. The van der Waals surface area contributed by atoms with E-state index in [1.165, 1.54) is 11.3 Å². The summed E-state index contributed by atoms with van der Waals surface area (Å²) in [6.07, 6.45) is 5.36. The topological polar surface area (TPSA) is 68.8 Å². The van der Waals surface area contributed by atoms with Crippen LogP contribution in [0, 0.1) is 0 Å². The van der Waals surface area contributed by atoms with Crippen molar-refractivity contribution in [3.8, 4) is 0 Å². The van der Waals surface area contributed by atoms with E-state index in [-0.39, 0.29) is 5.91 Å². The number of amides is 1. The number of carbonyl (C=O) groups is 1. The minimum atomic E-state index is -0.160. The van der Waals surface area contributed by atoms with Crippen molar-refractivity contribution in [3.63, 3.8) is 0 Å². The monoisotopic (exact) mass is 352 g/mol. The zero-order valence-electron chi connectivity index (χ0n) is 13.6. The summed E-state index contributed by atoms with van der Waals surface area (Å²) in [4.78, 5) is 19.3. The summed E-state index contributed by atoms with van der Waals surface area (Å²) in [5.74, 6) is -0.160. The minimum Gasteiger partial charge on any atom is -0.281 e. The Morgan fingerprint density at radius 2 is 2.08 bits per heavy atom. The van der Waals surface area contributed by atoms with Crippen LogP contribution in [0.25, 0.3) is 10.2 Å². The molecule has 4 rings (SSSR count). The molecule has 4 aromatic rings. The Hall–Kier alpha value is -3.00. The highest BCUT2D eigenvalue weighted by Gasteiger charge is 2.23. The molecule has 0 fully saturated rings. The van der Waals surface area contributed by atoms with Gasteiger partial charge in [-0.05, 0) is 24.3 Å². The number of hydrogen-bond acceptors (Lipinski definition) is 5. The second-order valence-corrected chi connectivity index (χ2v) is 6.57. The number of nitrogens with zero attached hydrogens (tertiary/aromatic N) is 6. The van der Waals surface area contributed by atoms with Gasteiger partial charge in [0.05, 0.1) is 16.8 Å². The molecule has 0 aliphatic carbocycles. The van der Waals surface area contributed by atoms with Crippen molar-refractivity contribution in [2.45, 2.75) is 6.54 Å². The third kappa shape index (κ3) is 3.16. The molecule has 1 aromatic carbocycles. The second-order valence-electron chi connectivity index (χ2n) is 5.56. The van der Waals surface area contributed by atoms with Crippen molar-refractivity contribution in [2.24, 2.45) is 7.05 Å². The molecule has 0 aliphatic heterocycles. The first kappa shape index (κ1) is 15.5. The summed E-state index contributed by atoms with van der Waals surface area (Å²) < 4.78 is 4.47. The van der Waals surface area contributed by atoms with Crippen LogP contribution in [0.1, 0.15) is 10.5 Å². The van der Waals surface area contributed by atoms with E-state index in [4.69, 9.17) is 0 Å². The number of fused-ring (bicyclic) bond motifs is 1. The summed E-state index contributed by atoms with van der Waals surface area (Å²) in [5, 5.41) is 9.11. The first-order valence-corrected chi connectivity index (χ1v) is 8.67. The van der Waals surface area contributed by atoms with Crippen LogP contribution < -0.4 is 4.90 Å². The van der Waals surface area contributed by atoms with Gasteiger partial charge in [0, 0.05) is 32.2 Å². The number of thiazole rings is 1. The van der Waals surface area contributed by atoms with Crippen molar-refractivity contribution in [3.05, 3.63) is 60.7 Å². The van der Waals surface area contributed by atoms with Crippen molar-refractivity contribution < 1.29 is 4.79 Å². The van der Waals surface area contributed by atoms with E-state index in [2.05, 4.69) is 15.2 Å². The highest BCUT2D eigenvalue weighted by molar-refractivity contribution is 7.22. The number of carbonyl (C=O) groups excluding carboxylic acids is 1. The van der Waals surface area contributed by atoms with Gasteiger partial charge in [-0.15, -0.1) is 0 Å².